The highest BCUT2D eigenvalue weighted by molar-refractivity contribution is 6.44. The summed E-state index contributed by atoms with van der Waals surface area (Å²) in [5, 5.41) is 19.7. The number of aryl methyl sites for hydroxylation is 2. The van der Waals surface area contributed by atoms with Crippen molar-refractivity contribution in [3.8, 4) is 5.69 Å². The fraction of sp³-hybridized carbons (Fsp3) is 0.261. The second-order valence-corrected chi connectivity index (χ2v) is 8.07. The number of aromatic nitrogens is 2. The highest BCUT2D eigenvalue weighted by Crippen LogP contribution is 2.29. The minimum Gasteiger partial charge on any atom is -0.481 e. The molecule has 3 aromatic rings. The number of nitrogens with zero attached hydrogens (tertiary/aromatic N) is 2. The van der Waals surface area contributed by atoms with Gasteiger partial charge in [-0.3, -0.25) is 10.1 Å². The van der Waals surface area contributed by atoms with Crippen molar-refractivity contribution in [1.29, 1.82) is 0 Å². The Labute approximate surface area is 196 Å². The third-order valence-corrected chi connectivity index (χ3v) is 5.59. The van der Waals surface area contributed by atoms with Crippen LogP contribution >= 0.6 is 23.2 Å². The van der Waals surface area contributed by atoms with Crippen LogP contribution in [-0.4, -0.2) is 26.9 Å². The molecule has 168 valence electrons. The van der Waals surface area contributed by atoms with Crippen LogP contribution in [0.25, 0.3) is 5.69 Å². The molecule has 0 saturated heterocycles. The first-order valence-electron chi connectivity index (χ1n) is 10.3. The van der Waals surface area contributed by atoms with Gasteiger partial charge in [0.2, 0.25) is 0 Å². The summed E-state index contributed by atoms with van der Waals surface area (Å²) < 4.78 is 1.65. The molecule has 0 aliphatic rings. The number of rotatable bonds is 9. The van der Waals surface area contributed by atoms with Gasteiger partial charge in [0, 0.05) is 12.5 Å². The molecule has 9 heteroatoms. The predicted octanol–water partition coefficient (Wildman–Crippen LogP) is 6.18. The van der Waals surface area contributed by atoms with E-state index in [2.05, 4.69) is 22.7 Å². The van der Waals surface area contributed by atoms with Crippen molar-refractivity contribution in [3.63, 3.8) is 0 Å². The highest BCUT2D eigenvalue weighted by Gasteiger charge is 2.15. The van der Waals surface area contributed by atoms with Gasteiger partial charge in [-0.2, -0.15) is 5.10 Å². The molecule has 0 bridgehead atoms. The molecule has 0 unspecified atom stereocenters. The minimum absolute atomic E-state index is 0.0399. The first-order chi connectivity index (χ1) is 15.4. The van der Waals surface area contributed by atoms with Crippen molar-refractivity contribution in [3.05, 3.63) is 69.8 Å². The van der Waals surface area contributed by atoms with Crippen LogP contribution in [0.15, 0.2) is 48.5 Å². The lowest BCUT2D eigenvalue weighted by atomic mass is 10.1. The number of carboxylic acids is 1. The number of hydrogen-bond acceptors (Lipinski definition) is 3. The predicted molar refractivity (Wildman–Crippen MR) is 127 cm³/mol. The van der Waals surface area contributed by atoms with E-state index in [9.17, 15) is 9.59 Å². The number of benzene rings is 2. The van der Waals surface area contributed by atoms with Crippen LogP contribution in [0.3, 0.4) is 0 Å². The quantitative estimate of drug-likeness (QED) is 0.344. The number of anilines is 2. The number of hydrogen-bond donors (Lipinski definition) is 3. The molecule has 0 aliphatic heterocycles. The lowest BCUT2D eigenvalue weighted by Gasteiger charge is -2.12. The molecule has 2 aromatic carbocycles. The fourth-order valence-electron chi connectivity index (χ4n) is 3.16. The summed E-state index contributed by atoms with van der Waals surface area (Å²) >= 11 is 12.2. The molecule has 0 atom stereocenters. The first kappa shape index (κ1) is 23.6. The van der Waals surface area contributed by atoms with Crippen molar-refractivity contribution in [2.45, 2.75) is 39.0 Å². The van der Waals surface area contributed by atoms with Crippen molar-refractivity contribution in [2.24, 2.45) is 0 Å². The Morgan fingerprint density at radius 2 is 1.84 bits per heavy atom. The molecule has 2 amide bonds. The van der Waals surface area contributed by atoms with Crippen LogP contribution in [0, 0.1) is 0 Å². The summed E-state index contributed by atoms with van der Waals surface area (Å²) in [6, 6.07) is 13.8. The first-order valence-corrected chi connectivity index (χ1v) is 11.0. The maximum absolute atomic E-state index is 12.7. The van der Waals surface area contributed by atoms with Gasteiger partial charge in [0.05, 0.1) is 27.1 Å². The molecule has 1 aromatic heterocycles. The summed E-state index contributed by atoms with van der Waals surface area (Å²) in [4.78, 5) is 23.6. The van der Waals surface area contributed by atoms with Crippen molar-refractivity contribution in [1.82, 2.24) is 9.78 Å². The number of halogens is 2. The Bertz CT molecular complexity index is 1110. The summed E-state index contributed by atoms with van der Waals surface area (Å²) in [6.45, 7) is 2.10. The van der Waals surface area contributed by atoms with Crippen LogP contribution in [0.1, 0.15) is 37.4 Å². The molecule has 32 heavy (non-hydrogen) atoms. The van der Waals surface area contributed by atoms with Crippen LogP contribution in [0.2, 0.25) is 10.0 Å². The van der Waals surface area contributed by atoms with E-state index in [0.717, 1.165) is 36.2 Å². The number of aliphatic carboxylic acids is 1. The molecule has 3 N–H and O–H groups in total. The number of carbonyl (C=O) groups excluding carboxylic acids is 1. The SMILES string of the molecule is CCCCc1cc(NC(=O)Nc2cccc(Cl)c2Cl)n(-c2cccc(CCC(=O)O)c2)n1. The van der Waals surface area contributed by atoms with Gasteiger partial charge in [-0.1, -0.05) is 54.7 Å². The molecule has 7 nitrogen and oxygen atoms in total. The van der Waals surface area contributed by atoms with Crippen LogP contribution < -0.4 is 10.6 Å². The standard InChI is InChI=1S/C23H24Cl2N4O3/c1-2-3-7-16-14-20(27-23(32)26-19-10-5-9-18(24)22(19)25)29(28-16)17-8-4-6-15(13-17)11-12-21(30)31/h4-6,8-10,13-14H,2-3,7,11-12H2,1H3,(H,30,31)(H2,26,27,32). The Morgan fingerprint density at radius 1 is 1.06 bits per heavy atom. The lowest BCUT2D eigenvalue weighted by molar-refractivity contribution is -0.136. The maximum Gasteiger partial charge on any atom is 0.324 e. The van der Waals surface area contributed by atoms with Gasteiger partial charge < -0.3 is 10.4 Å². The maximum atomic E-state index is 12.7. The number of carboxylic acid groups (broad SMARTS) is 1. The molecule has 0 aliphatic carbocycles. The van der Waals surface area contributed by atoms with Gasteiger partial charge in [-0.25, -0.2) is 9.48 Å². The topological polar surface area (TPSA) is 96.2 Å². The van der Waals surface area contributed by atoms with Gasteiger partial charge >= 0.3 is 12.0 Å². The molecule has 0 spiro atoms. The van der Waals surface area contributed by atoms with E-state index < -0.39 is 12.0 Å². The smallest absolute Gasteiger partial charge is 0.324 e. The van der Waals surface area contributed by atoms with Gasteiger partial charge in [0.15, 0.2) is 0 Å². The fourth-order valence-corrected chi connectivity index (χ4v) is 3.51. The Morgan fingerprint density at radius 3 is 2.59 bits per heavy atom. The van der Waals surface area contributed by atoms with Gasteiger partial charge in [-0.15, -0.1) is 0 Å². The third kappa shape index (κ3) is 6.24. The van der Waals surface area contributed by atoms with Gasteiger partial charge in [0.1, 0.15) is 5.82 Å². The molecule has 1 heterocycles. The second kappa shape index (κ2) is 11.0. The van der Waals surface area contributed by atoms with Gasteiger partial charge in [-0.05, 0) is 49.1 Å². The summed E-state index contributed by atoms with van der Waals surface area (Å²) in [7, 11) is 0. The lowest BCUT2D eigenvalue weighted by Crippen LogP contribution is -2.21. The zero-order valence-electron chi connectivity index (χ0n) is 17.6. The summed E-state index contributed by atoms with van der Waals surface area (Å²) in [5.41, 5.74) is 2.84. The van der Waals surface area contributed by atoms with Crippen molar-refractivity contribution in [2.75, 3.05) is 10.6 Å². The van der Waals surface area contributed by atoms with E-state index in [1.54, 1.807) is 22.9 Å². The van der Waals surface area contributed by atoms with Crippen molar-refractivity contribution >= 4 is 46.7 Å². The highest BCUT2D eigenvalue weighted by atomic mass is 35.5. The van der Waals surface area contributed by atoms with Crippen LogP contribution in [-0.2, 0) is 17.6 Å². The number of carbonyl (C=O) groups is 2. The van der Waals surface area contributed by atoms with E-state index >= 15 is 0 Å². The van der Waals surface area contributed by atoms with Crippen molar-refractivity contribution < 1.29 is 14.7 Å². The van der Waals surface area contributed by atoms with E-state index in [1.165, 1.54) is 0 Å². The van der Waals surface area contributed by atoms with E-state index in [1.807, 2.05) is 30.3 Å². The third-order valence-electron chi connectivity index (χ3n) is 4.77. The molecule has 3 rings (SSSR count). The number of nitrogens with one attached hydrogen (secondary N) is 2. The van der Waals surface area contributed by atoms with Gasteiger partial charge in [0.25, 0.3) is 0 Å². The van der Waals surface area contributed by atoms with E-state index in [4.69, 9.17) is 28.3 Å². The zero-order valence-corrected chi connectivity index (χ0v) is 19.1. The minimum atomic E-state index is -0.852. The number of urea groups is 1. The largest absolute Gasteiger partial charge is 0.481 e. The average molecular weight is 475 g/mol. The Hall–Kier alpha value is -3.03. The van der Waals surface area contributed by atoms with Crippen LogP contribution in [0.5, 0.6) is 0 Å². The normalized spacial score (nSPS) is 10.7. The average Bonchev–Trinajstić information content (AvgIpc) is 3.16. The van der Waals surface area contributed by atoms with E-state index in [-0.39, 0.29) is 11.4 Å². The summed E-state index contributed by atoms with van der Waals surface area (Å²) in [6.07, 6.45) is 3.22. The summed E-state index contributed by atoms with van der Waals surface area (Å²) in [5.74, 6) is -0.364. The Balaban J connectivity index is 1.86. The zero-order chi connectivity index (χ0) is 23.1. The molecule has 0 fully saturated rings. The Kier molecular flexibility index (Phi) is 8.14. The number of unbranched alkanes of at least 4 members (excludes halogenated alkanes) is 1. The number of amides is 2. The second-order valence-electron chi connectivity index (χ2n) is 7.28. The molecule has 0 radical (unpaired) electrons. The monoisotopic (exact) mass is 474 g/mol. The molecular weight excluding hydrogens is 451 g/mol. The van der Waals surface area contributed by atoms with E-state index in [0.29, 0.717) is 22.9 Å². The molecular formula is C23H24Cl2N4O3. The van der Waals surface area contributed by atoms with Crippen LogP contribution in [0.4, 0.5) is 16.3 Å². The molecule has 0 saturated carbocycles.